The third-order valence-electron chi connectivity index (χ3n) is 3.54. The zero-order valence-corrected chi connectivity index (χ0v) is 17.5. The smallest absolute Gasteiger partial charge is 0.266 e. The highest BCUT2D eigenvalue weighted by atomic mass is 79.9. The fourth-order valence-corrected chi connectivity index (χ4v) is 3.89. The molecule has 1 fully saturated rings. The number of furan rings is 1. The van der Waals surface area contributed by atoms with E-state index < -0.39 is 0 Å². The predicted octanol–water partition coefficient (Wildman–Crippen LogP) is 6.21. The van der Waals surface area contributed by atoms with E-state index in [1.807, 2.05) is 36.4 Å². The molecule has 0 saturated carbocycles. The number of carbonyl (C=O) groups is 1. The van der Waals surface area contributed by atoms with E-state index in [9.17, 15) is 4.79 Å². The molecule has 1 aliphatic rings. The number of amides is 1. The summed E-state index contributed by atoms with van der Waals surface area (Å²) in [6, 6.07) is 11.5. The standard InChI is InChI=1S/C18H16Br2N2O2S/c1-2-3-9-22-17(23)15(11-13-10-14(19)16(20)24-13)25-18(22)21-12-7-5-4-6-8-12/h4-8,10-11H,2-3,9H2,1H3/b15-11-,21-18?. The van der Waals surface area contributed by atoms with Crippen molar-refractivity contribution >= 4 is 66.5 Å². The van der Waals surface area contributed by atoms with Gasteiger partial charge < -0.3 is 4.42 Å². The molecule has 1 aromatic carbocycles. The monoisotopic (exact) mass is 482 g/mol. The van der Waals surface area contributed by atoms with Crippen LogP contribution in [0.2, 0.25) is 0 Å². The Kier molecular flexibility index (Phi) is 6.19. The van der Waals surface area contributed by atoms with Crippen LogP contribution >= 0.6 is 43.6 Å². The van der Waals surface area contributed by atoms with E-state index in [4.69, 9.17) is 4.42 Å². The third kappa shape index (κ3) is 4.46. The fraction of sp³-hybridized carbons (Fsp3) is 0.222. The number of halogens is 2. The number of para-hydroxylation sites is 1. The largest absolute Gasteiger partial charge is 0.449 e. The molecular weight excluding hydrogens is 468 g/mol. The van der Waals surface area contributed by atoms with Gasteiger partial charge in [0, 0.05) is 12.6 Å². The first-order valence-electron chi connectivity index (χ1n) is 7.88. The quantitative estimate of drug-likeness (QED) is 0.475. The number of rotatable bonds is 5. The van der Waals surface area contributed by atoms with Gasteiger partial charge in [0.2, 0.25) is 0 Å². The number of hydrogen-bond acceptors (Lipinski definition) is 4. The van der Waals surface area contributed by atoms with Gasteiger partial charge in [0.1, 0.15) is 5.76 Å². The van der Waals surface area contributed by atoms with Gasteiger partial charge in [-0.1, -0.05) is 31.5 Å². The Morgan fingerprint density at radius 1 is 1.28 bits per heavy atom. The molecule has 0 N–H and O–H groups in total. The van der Waals surface area contributed by atoms with Gasteiger partial charge in [0.15, 0.2) is 9.84 Å². The zero-order valence-electron chi connectivity index (χ0n) is 13.5. The Morgan fingerprint density at radius 3 is 2.68 bits per heavy atom. The van der Waals surface area contributed by atoms with Gasteiger partial charge in [-0.15, -0.1) is 0 Å². The Bertz CT molecular complexity index is 811. The SMILES string of the molecule is CCCCN1C(=O)/C(=C/c2cc(Br)c(Br)o2)SC1=Nc1ccccc1. The summed E-state index contributed by atoms with van der Waals surface area (Å²) in [6.07, 6.45) is 3.71. The van der Waals surface area contributed by atoms with Crippen LogP contribution in [0.25, 0.3) is 6.08 Å². The Hall–Kier alpha value is -1.31. The van der Waals surface area contributed by atoms with Crippen molar-refractivity contribution in [3.63, 3.8) is 0 Å². The minimum absolute atomic E-state index is 0.0308. The van der Waals surface area contributed by atoms with Crippen molar-refractivity contribution in [3.05, 3.63) is 56.2 Å². The molecule has 0 aliphatic carbocycles. The van der Waals surface area contributed by atoms with Crippen LogP contribution in [-0.2, 0) is 4.79 Å². The number of carbonyl (C=O) groups excluding carboxylic acids is 1. The number of thioether (sulfide) groups is 1. The molecule has 0 spiro atoms. The topological polar surface area (TPSA) is 45.8 Å². The molecule has 0 radical (unpaired) electrons. The van der Waals surface area contributed by atoms with E-state index in [-0.39, 0.29) is 5.91 Å². The Labute approximate surface area is 167 Å². The number of hydrogen-bond donors (Lipinski definition) is 0. The number of aliphatic imine (C=N–C) groups is 1. The van der Waals surface area contributed by atoms with E-state index in [1.54, 1.807) is 11.0 Å². The highest BCUT2D eigenvalue weighted by Gasteiger charge is 2.33. The Balaban J connectivity index is 1.92. The van der Waals surface area contributed by atoms with Gasteiger partial charge in [-0.3, -0.25) is 9.69 Å². The van der Waals surface area contributed by atoms with E-state index >= 15 is 0 Å². The van der Waals surface area contributed by atoms with Crippen LogP contribution in [0.15, 0.2) is 59.9 Å². The van der Waals surface area contributed by atoms with Gasteiger partial charge in [0.25, 0.3) is 5.91 Å². The molecule has 25 heavy (non-hydrogen) atoms. The van der Waals surface area contributed by atoms with Crippen LogP contribution in [0.3, 0.4) is 0 Å². The van der Waals surface area contributed by atoms with Crippen molar-refractivity contribution in [3.8, 4) is 0 Å². The lowest BCUT2D eigenvalue weighted by molar-refractivity contribution is -0.122. The molecule has 7 heteroatoms. The highest BCUT2D eigenvalue weighted by Crippen LogP contribution is 2.36. The van der Waals surface area contributed by atoms with Crippen LogP contribution in [0, 0.1) is 0 Å². The lowest BCUT2D eigenvalue weighted by Crippen LogP contribution is -2.30. The van der Waals surface area contributed by atoms with Crippen LogP contribution in [0.1, 0.15) is 25.5 Å². The molecular formula is C18H16Br2N2O2S. The summed E-state index contributed by atoms with van der Waals surface area (Å²) in [5.41, 5.74) is 0.837. The summed E-state index contributed by atoms with van der Waals surface area (Å²) < 4.78 is 6.99. The summed E-state index contributed by atoms with van der Waals surface area (Å²) in [5, 5.41) is 0.709. The van der Waals surface area contributed by atoms with Gasteiger partial charge in [0.05, 0.1) is 15.1 Å². The molecule has 0 atom stereocenters. The van der Waals surface area contributed by atoms with Gasteiger partial charge in [-0.25, -0.2) is 4.99 Å². The third-order valence-corrected chi connectivity index (χ3v) is 6.26. The highest BCUT2D eigenvalue weighted by molar-refractivity contribution is 9.13. The van der Waals surface area contributed by atoms with Crippen molar-refractivity contribution in [1.82, 2.24) is 4.90 Å². The summed E-state index contributed by atoms with van der Waals surface area (Å²) >= 11 is 8.08. The molecule has 1 amide bonds. The molecule has 2 heterocycles. The van der Waals surface area contributed by atoms with Gasteiger partial charge >= 0.3 is 0 Å². The minimum Gasteiger partial charge on any atom is -0.449 e. The molecule has 0 bridgehead atoms. The number of benzene rings is 1. The average Bonchev–Trinajstić information content (AvgIpc) is 3.06. The first-order chi connectivity index (χ1) is 12.1. The van der Waals surface area contributed by atoms with Crippen molar-refractivity contribution in [2.45, 2.75) is 19.8 Å². The molecule has 1 aromatic heterocycles. The molecule has 0 unspecified atom stereocenters. The number of amidine groups is 1. The van der Waals surface area contributed by atoms with E-state index in [0.29, 0.717) is 27.0 Å². The fourth-order valence-electron chi connectivity index (χ4n) is 2.28. The van der Waals surface area contributed by atoms with E-state index in [1.165, 1.54) is 11.8 Å². The molecule has 1 saturated heterocycles. The predicted molar refractivity (Wildman–Crippen MR) is 110 cm³/mol. The van der Waals surface area contributed by atoms with Crippen LogP contribution in [-0.4, -0.2) is 22.5 Å². The first kappa shape index (κ1) is 18.5. The van der Waals surface area contributed by atoms with Crippen LogP contribution < -0.4 is 0 Å². The first-order valence-corrected chi connectivity index (χ1v) is 10.3. The summed E-state index contributed by atoms with van der Waals surface area (Å²) in [6.45, 7) is 2.77. The lowest BCUT2D eigenvalue weighted by Gasteiger charge is -2.14. The second-order valence-corrected chi connectivity index (χ2v) is 8.01. The van der Waals surface area contributed by atoms with Crippen LogP contribution in [0.5, 0.6) is 0 Å². The Morgan fingerprint density at radius 2 is 2.04 bits per heavy atom. The van der Waals surface area contributed by atoms with Crippen molar-refractivity contribution in [2.75, 3.05) is 6.54 Å². The van der Waals surface area contributed by atoms with Crippen molar-refractivity contribution in [2.24, 2.45) is 4.99 Å². The zero-order chi connectivity index (χ0) is 17.8. The average molecular weight is 484 g/mol. The molecule has 1 aliphatic heterocycles. The number of nitrogens with zero attached hydrogens (tertiary/aromatic N) is 2. The molecule has 130 valence electrons. The van der Waals surface area contributed by atoms with E-state index in [0.717, 1.165) is 23.0 Å². The lowest BCUT2D eigenvalue weighted by atomic mass is 10.3. The van der Waals surface area contributed by atoms with E-state index in [2.05, 4.69) is 43.8 Å². The molecule has 4 nitrogen and oxygen atoms in total. The van der Waals surface area contributed by atoms with Gasteiger partial charge in [-0.2, -0.15) is 0 Å². The second-order valence-electron chi connectivity index (χ2n) is 5.42. The van der Waals surface area contributed by atoms with Crippen molar-refractivity contribution in [1.29, 1.82) is 0 Å². The summed E-state index contributed by atoms with van der Waals surface area (Å²) in [7, 11) is 0. The molecule has 2 aromatic rings. The second kappa shape index (κ2) is 8.38. The normalized spacial score (nSPS) is 17.9. The minimum atomic E-state index is -0.0308. The van der Waals surface area contributed by atoms with Gasteiger partial charge in [-0.05, 0) is 68.2 Å². The summed E-state index contributed by atoms with van der Waals surface area (Å²) in [5.74, 6) is 0.586. The maximum Gasteiger partial charge on any atom is 0.266 e. The summed E-state index contributed by atoms with van der Waals surface area (Å²) in [4.78, 5) is 19.8. The maximum absolute atomic E-state index is 12.8. The number of unbranched alkanes of at least 4 members (excludes halogenated alkanes) is 1. The molecule has 3 rings (SSSR count). The van der Waals surface area contributed by atoms with Crippen molar-refractivity contribution < 1.29 is 9.21 Å². The van der Waals surface area contributed by atoms with Crippen LogP contribution in [0.4, 0.5) is 5.69 Å². The maximum atomic E-state index is 12.8.